The van der Waals surface area contributed by atoms with Crippen molar-refractivity contribution < 1.29 is 9.69 Å². The minimum Gasteiger partial charge on any atom is -0.360 e. The predicted octanol–water partition coefficient (Wildman–Crippen LogP) is 1.92. The Labute approximate surface area is 154 Å². The Morgan fingerprint density at radius 3 is 2.56 bits per heavy atom. The molecule has 1 fully saturated rings. The summed E-state index contributed by atoms with van der Waals surface area (Å²) in [6, 6.07) is 18.1. The van der Waals surface area contributed by atoms with Crippen LogP contribution in [0.3, 0.4) is 0 Å². The lowest BCUT2D eigenvalue weighted by atomic mass is 10.1. The number of nitrogens with zero attached hydrogens (tertiary/aromatic N) is 1. The molecule has 1 amide bonds. The summed E-state index contributed by atoms with van der Waals surface area (Å²) in [4.78, 5) is 16.1. The van der Waals surface area contributed by atoms with E-state index < -0.39 is 0 Å². The Balaban J connectivity index is 1.46. The molecule has 0 radical (unpaired) electrons. The molecule has 132 valence electrons. The molecule has 0 unspecified atom stereocenters. The van der Waals surface area contributed by atoms with Crippen molar-refractivity contribution in [2.75, 3.05) is 37.6 Å². The standard InChI is InChI=1S/C20H24ClN3O/c1-16(17-6-5-7-18(21)14-17)22-20(25)15-23-10-12-24(13-11-23)19-8-3-2-4-9-19/h2-9,14,16H,10-13,15H2,1H3,(H,22,25)/p+1/t16-/m1/s1. The van der Waals surface area contributed by atoms with E-state index in [4.69, 9.17) is 11.6 Å². The van der Waals surface area contributed by atoms with Gasteiger partial charge in [-0.25, -0.2) is 0 Å². The maximum absolute atomic E-state index is 12.4. The van der Waals surface area contributed by atoms with Gasteiger partial charge in [0.25, 0.3) is 5.91 Å². The van der Waals surface area contributed by atoms with E-state index >= 15 is 0 Å². The molecule has 2 aromatic rings. The van der Waals surface area contributed by atoms with E-state index in [0.717, 1.165) is 31.7 Å². The van der Waals surface area contributed by atoms with Gasteiger partial charge < -0.3 is 15.1 Å². The zero-order valence-electron chi connectivity index (χ0n) is 14.5. The number of carbonyl (C=O) groups is 1. The molecule has 4 nitrogen and oxygen atoms in total. The van der Waals surface area contributed by atoms with Crippen LogP contribution in [0.4, 0.5) is 5.69 Å². The van der Waals surface area contributed by atoms with Gasteiger partial charge in [-0.3, -0.25) is 4.79 Å². The van der Waals surface area contributed by atoms with E-state index in [2.05, 4.69) is 34.5 Å². The normalized spacial score (nSPS) is 16.5. The smallest absolute Gasteiger partial charge is 0.275 e. The number of carbonyl (C=O) groups excluding carboxylic acids is 1. The summed E-state index contributed by atoms with van der Waals surface area (Å²) in [6.07, 6.45) is 0. The molecule has 0 spiro atoms. The first kappa shape index (κ1) is 17.8. The number of anilines is 1. The largest absolute Gasteiger partial charge is 0.360 e. The molecule has 2 aromatic carbocycles. The Hall–Kier alpha value is -2.04. The van der Waals surface area contributed by atoms with E-state index in [9.17, 15) is 4.79 Å². The molecule has 1 aliphatic heterocycles. The van der Waals surface area contributed by atoms with E-state index in [1.165, 1.54) is 10.6 Å². The van der Waals surface area contributed by atoms with Gasteiger partial charge in [0.2, 0.25) is 0 Å². The van der Waals surface area contributed by atoms with Crippen LogP contribution in [0, 0.1) is 0 Å². The van der Waals surface area contributed by atoms with E-state index in [1.807, 2.05) is 37.3 Å². The number of amides is 1. The molecule has 0 aliphatic carbocycles. The maximum atomic E-state index is 12.4. The lowest BCUT2D eigenvalue weighted by Gasteiger charge is -2.33. The second kappa shape index (κ2) is 8.37. The fourth-order valence-electron chi connectivity index (χ4n) is 3.28. The van der Waals surface area contributed by atoms with Crippen molar-refractivity contribution in [3.63, 3.8) is 0 Å². The number of halogens is 1. The molecule has 1 aliphatic rings. The quantitative estimate of drug-likeness (QED) is 0.856. The lowest BCUT2D eigenvalue weighted by Crippen LogP contribution is -3.15. The van der Waals surface area contributed by atoms with E-state index in [1.54, 1.807) is 0 Å². The van der Waals surface area contributed by atoms with Crippen LogP contribution >= 0.6 is 11.6 Å². The number of nitrogens with one attached hydrogen (secondary N) is 2. The van der Waals surface area contributed by atoms with Gasteiger partial charge in [0.1, 0.15) is 0 Å². The molecule has 1 saturated heterocycles. The summed E-state index contributed by atoms with van der Waals surface area (Å²) < 4.78 is 0. The fourth-order valence-corrected chi connectivity index (χ4v) is 3.47. The summed E-state index contributed by atoms with van der Waals surface area (Å²) >= 11 is 6.02. The minimum atomic E-state index is -0.0313. The Morgan fingerprint density at radius 1 is 1.16 bits per heavy atom. The van der Waals surface area contributed by atoms with Crippen molar-refractivity contribution in [1.82, 2.24) is 5.32 Å². The molecule has 25 heavy (non-hydrogen) atoms. The van der Waals surface area contributed by atoms with Crippen molar-refractivity contribution in [2.24, 2.45) is 0 Å². The highest BCUT2D eigenvalue weighted by Crippen LogP contribution is 2.17. The average molecular weight is 359 g/mol. The van der Waals surface area contributed by atoms with Crippen LogP contribution < -0.4 is 15.1 Å². The van der Waals surface area contributed by atoms with Gasteiger partial charge in [0, 0.05) is 10.7 Å². The van der Waals surface area contributed by atoms with Crippen molar-refractivity contribution in [2.45, 2.75) is 13.0 Å². The van der Waals surface area contributed by atoms with E-state index in [-0.39, 0.29) is 11.9 Å². The van der Waals surface area contributed by atoms with Crippen molar-refractivity contribution in [3.8, 4) is 0 Å². The number of hydrogen-bond acceptors (Lipinski definition) is 2. The zero-order valence-corrected chi connectivity index (χ0v) is 15.3. The van der Waals surface area contributed by atoms with Gasteiger partial charge in [-0.1, -0.05) is 41.9 Å². The number of quaternary nitrogens is 1. The second-order valence-electron chi connectivity index (χ2n) is 6.59. The van der Waals surface area contributed by atoms with Crippen molar-refractivity contribution >= 4 is 23.2 Å². The summed E-state index contributed by atoms with van der Waals surface area (Å²) in [6.45, 7) is 6.44. The lowest BCUT2D eigenvalue weighted by molar-refractivity contribution is -0.892. The highest BCUT2D eigenvalue weighted by molar-refractivity contribution is 6.30. The number of piperazine rings is 1. The van der Waals surface area contributed by atoms with Crippen molar-refractivity contribution in [3.05, 3.63) is 65.2 Å². The molecule has 3 rings (SSSR count). The second-order valence-corrected chi connectivity index (χ2v) is 7.03. The first-order chi connectivity index (χ1) is 12.1. The van der Waals surface area contributed by atoms with Crippen LogP contribution in [0.5, 0.6) is 0 Å². The third kappa shape index (κ3) is 4.97. The van der Waals surface area contributed by atoms with Gasteiger partial charge in [-0.05, 0) is 36.8 Å². The summed E-state index contributed by atoms with van der Waals surface area (Å²) in [5, 5.41) is 3.78. The molecule has 2 N–H and O–H groups in total. The highest BCUT2D eigenvalue weighted by atomic mass is 35.5. The maximum Gasteiger partial charge on any atom is 0.275 e. The molecule has 5 heteroatoms. The molecular formula is C20H25ClN3O+. The molecule has 1 atom stereocenters. The Kier molecular flexibility index (Phi) is 5.95. The van der Waals surface area contributed by atoms with Gasteiger partial charge in [-0.15, -0.1) is 0 Å². The monoisotopic (exact) mass is 358 g/mol. The number of para-hydroxylation sites is 1. The average Bonchev–Trinajstić information content (AvgIpc) is 2.63. The number of benzene rings is 2. The van der Waals surface area contributed by atoms with Crippen LogP contribution in [0.2, 0.25) is 5.02 Å². The van der Waals surface area contributed by atoms with Gasteiger partial charge in [-0.2, -0.15) is 0 Å². The Morgan fingerprint density at radius 2 is 1.88 bits per heavy atom. The Bertz CT molecular complexity index is 699. The van der Waals surface area contributed by atoms with Crippen LogP contribution in [0.25, 0.3) is 0 Å². The van der Waals surface area contributed by atoms with E-state index in [0.29, 0.717) is 11.6 Å². The van der Waals surface area contributed by atoms with Crippen LogP contribution in [-0.4, -0.2) is 38.6 Å². The van der Waals surface area contributed by atoms with Gasteiger partial charge >= 0.3 is 0 Å². The van der Waals surface area contributed by atoms with Crippen LogP contribution in [-0.2, 0) is 4.79 Å². The van der Waals surface area contributed by atoms with Crippen LogP contribution in [0.15, 0.2) is 54.6 Å². The highest BCUT2D eigenvalue weighted by Gasteiger charge is 2.23. The molecule has 0 aromatic heterocycles. The third-order valence-corrected chi connectivity index (χ3v) is 4.96. The zero-order chi connectivity index (χ0) is 17.6. The number of rotatable bonds is 5. The van der Waals surface area contributed by atoms with Crippen LogP contribution in [0.1, 0.15) is 18.5 Å². The molecule has 1 heterocycles. The first-order valence-corrected chi connectivity index (χ1v) is 9.18. The third-order valence-electron chi connectivity index (χ3n) is 4.73. The predicted molar refractivity (Wildman–Crippen MR) is 102 cm³/mol. The summed E-state index contributed by atoms with van der Waals surface area (Å²) in [5.41, 5.74) is 2.30. The number of hydrogen-bond donors (Lipinski definition) is 2. The van der Waals surface area contributed by atoms with Gasteiger partial charge in [0.05, 0.1) is 32.2 Å². The first-order valence-electron chi connectivity index (χ1n) is 8.80. The SMILES string of the molecule is C[C@@H](NC(=O)C[NH+]1CCN(c2ccccc2)CC1)c1cccc(Cl)c1. The fraction of sp³-hybridized carbons (Fsp3) is 0.350. The topological polar surface area (TPSA) is 36.8 Å². The molecule has 0 saturated carbocycles. The molecular weight excluding hydrogens is 334 g/mol. The molecule has 0 bridgehead atoms. The summed E-state index contributed by atoms with van der Waals surface area (Å²) in [7, 11) is 0. The van der Waals surface area contributed by atoms with Crippen molar-refractivity contribution in [1.29, 1.82) is 0 Å². The van der Waals surface area contributed by atoms with Gasteiger partial charge in [0.15, 0.2) is 6.54 Å². The summed E-state index contributed by atoms with van der Waals surface area (Å²) in [5.74, 6) is 0.0932. The minimum absolute atomic E-state index is 0.0313.